The van der Waals surface area contributed by atoms with E-state index in [2.05, 4.69) is 4.90 Å². The highest BCUT2D eigenvalue weighted by Gasteiger charge is 2.39. The zero-order valence-electron chi connectivity index (χ0n) is 11.0. The second kappa shape index (κ2) is 5.11. The van der Waals surface area contributed by atoms with Crippen LogP contribution in [0.25, 0.3) is 0 Å². The molecular weight excluding hydrogens is 240 g/mol. The molecule has 0 spiro atoms. The van der Waals surface area contributed by atoms with E-state index in [9.17, 15) is 4.79 Å². The predicted molar refractivity (Wildman–Crippen MR) is 73.8 cm³/mol. The van der Waals surface area contributed by atoms with E-state index in [-0.39, 0.29) is 5.91 Å². The Labute approximate surface area is 113 Å². The number of likely N-dealkylation sites (tertiary alicyclic amines) is 1. The molecule has 1 saturated heterocycles. The molecule has 1 heterocycles. The average molecular weight is 260 g/mol. The molecular formula is C15H20N2O2. The molecule has 102 valence electrons. The Morgan fingerprint density at radius 3 is 2.74 bits per heavy atom. The molecule has 3 rings (SSSR count). The lowest BCUT2D eigenvalue weighted by Crippen LogP contribution is -2.38. The first-order valence-corrected chi connectivity index (χ1v) is 7.00. The Morgan fingerprint density at radius 2 is 2.11 bits per heavy atom. The lowest BCUT2D eigenvalue weighted by molar-refractivity contribution is -0.133. The number of piperidine rings is 1. The van der Waals surface area contributed by atoms with Gasteiger partial charge >= 0.3 is 0 Å². The minimum absolute atomic E-state index is 0.239. The van der Waals surface area contributed by atoms with Crippen LogP contribution in [0, 0.1) is 5.92 Å². The number of hydrogen-bond donors (Lipinski definition) is 1. The Hall–Kier alpha value is -1.71. The van der Waals surface area contributed by atoms with Gasteiger partial charge in [0.25, 0.3) is 0 Å². The third-order valence-electron chi connectivity index (χ3n) is 4.19. The van der Waals surface area contributed by atoms with Crippen molar-refractivity contribution in [2.24, 2.45) is 5.92 Å². The first-order valence-electron chi connectivity index (χ1n) is 7.00. The third-order valence-corrected chi connectivity index (χ3v) is 4.19. The van der Waals surface area contributed by atoms with Crippen molar-refractivity contribution in [3.63, 3.8) is 0 Å². The zero-order valence-corrected chi connectivity index (χ0v) is 11.0. The number of carbonyl (C=O) groups excluding carboxylic acids is 1. The van der Waals surface area contributed by atoms with Gasteiger partial charge in [-0.05, 0) is 49.4 Å². The van der Waals surface area contributed by atoms with Gasteiger partial charge in [0.05, 0.1) is 13.0 Å². The number of amides is 1. The number of nitrogen functional groups attached to an aromatic ring is 1. The minimum Gasteiger partial charge on any atom is -0.493 e. The van der Waals surface area contributed by atoms with Gasteiger partial charge in [0.1, 0.15) is 5.75 Å². The van der Waals surface area contributed by atoms with E-state index < -0.39 is 0 Å². The summed E-state index contributed by atoms with van der Waals surface area (Å²) >= 11 is 0. The van der Waals surface area contributed by atoms with Crippen molar-refractivity contribution in [2.75, 3.05) is 18.9 Å². The quantitative estimate of drug-likeness (QED) is 0.843. The van der Waals surface area contributed by atoms with E-state index in [0.29, 0.717) is 19.1 Å². The number of nitrogens with two attached hydrogens (primary N) is 1. The fourth-order valence-corrected chi connectivity index (χ4v) is 3.19. The van der Waals surface area contributed by atoms with Crippen LogP contribution in [0.5, 0.6) is 5.75 Å². The highest BCUT2D eigenvalue weighted by molar-refractivity contribution is 5.77. The van der Waals surface area contributed by atoms with Crippen LogP contribution in [0.1, 0.15) is 25.7 Å². The number of ether oxygens (including phenoxy) is 1. The molecule has 2 bridgehead atoms. The molecule has 0 radical (unpaired) electrons. The lowest BCUT2D eigenvalue weighted by Gasteiger charge is -2.27. The van der Waals surface area contributed by atoms with Crippen LogP contribution in [0.4, 0.5) is 5.69 Å². The topological polar surface area (TPSA) is 55.6 Å². The van der Waals surface area contributed by atoms with Crippen LogP contribution >= 0.6 is 0 Å². The standard InChI is InChI=1S/C15H20N2O2/c16-12-2-5-14(6-3-12)19-8-7-15(18)17-10-11-1-4-13(17)9-11/h2-3,5-6,11,13H,1,4,7-10,16H2. The van der Waals surface area contributed by atoms with Gasteiger partial charge < -0.3 is 15.4 Å². The predicted octanol–water partition coefficient (Wildman–Crippen LogP) is 2.05. The van der Waals surface area contributed by atoms with Crippen LogP contribution < -0.4 is 10.5 Å². The molecule has 1 saturated carbocycles. The van der Waals surface area contributed by atoms with Crippen molar-refractivity contribution in [1.29, 1.82) is 0 Å². The Morgan fingerprint density at radius 1 is 1.32 bits per heavy atom. The monoisotopic (exact) mass is 260 g/mol. The van der Waals surface area contributed by atoms with E-state index in [0.717, 1.165) is 23.9 Å². The van der Waals surface area contributed by atoms with Gasteiger partial charge in [-0.25, -0.2) is 0 Å². The normalized spacial score (nSPS) is 24.7. The van der Waals surface area contributed by atoms with Gasteiger partial charge in [-0.3, -0.25) is 4.79 Å². The Bertz CT molecular complexity index is 458. The molecule has 19 heavy (non-hydrogen) atoms. The van der Waals surface area contributed by atoms with Crippen LogP contribution in [0.2, 0.25) is 0 Å². The fourth-order valence-electron chi connectivity index (χ4n) is 3.19. The number of anilines is 1. The summed E-state index contributed by atoms with van der Waals surface area (Å²) in [5, 5.41) is 0. The maximum absolute atomic E-state index is 12.1. The first kappa shape index (κ1) is 12.3. The van der Waals surface area contributed by atoms with Crippen LogP contribution in [0.15, 0.2) is 24.3 Å². The van der Waals surface area contributed by atoms with Gasteiger partial charge in [-0.2, -0.15) is 0 Å². The molecule has 2 fully saturated rings. The molecule has 2 unspecified atom stereocenters. The minimum atomic E-state index is 0.239. The molecule has 0 aromatic heterocycles. The summed E-state index contributed by atoms with van der Waals surface area (Å²) in [5.74, 6) is 1.76. The molecule has 2 atom stereocenters. The van der Waals surface area contributed by atoms with Gasteiger partial charge in [0, 0.05) is 18.3 Å². The van der Waals surface area contributed by atoms with Crippen molar-refractivity contribution >= 4 is 11.6 Å². The summed E-state index contributed by atoms with van der Waals surface area (Å²) < 4.78 is 5.57. The highest BCUT2D eigenvalue weighted by Crippen LogP contribution is 2.37. The third kappa shape index (κ3) is 2.67. The van der Waals surface area contributed by atoms with Crippen molar-refractivity contribution in [3.8, 4) is 5.75 Å². The van der Waals surface area contributed by atoms with Gasteiger partial charge in [0.15, 0.2) is 0 Å². The van der Waals surface area contributed by atoms with E-state index in [1.807, 2.05) is 12.1 Å². The number of hydrogen-bond acceptors (Lipinski definition) is 3. The van der Waals surface area contributed by atoms with Crippen molar-refractivity contribution in [2.45, 2.75) is 31.7 Å². The van der Waals surface area contributed by atoms with Gasteiger partial charge in [-0.1, -0.05) is 0 Å². The number of nitrogens with zero attached hydrogens (tertiary/aromatic N) is 1. The van der Waals surface area contributed by atoms with Gasteiger partial charge in [0.2, 0.25) is 5.91 Å². The van der Waals surface area contributed by atoms with E-state index in [1.165, 1.54) is 19.3 Å². The molecule has 1 aliphatic carbocycles. The summed E-state index contributed by atoms with van der Waals surface area (Å²) in [6, 6.07) is 7.77. The number of carbonyl (C=O) groups is 1. The molecule has 4 heteroatoms. The van der Waals surface area contributed by atoms with E-state index in [1.54, 1.807) is 12.1 Å². The summed E-state index contributed by atoms with van der Waals surface area (Å²) in [6.45, 7) is 1.40. The fraction of sp³-hybridized carbons (Fsp3) is 0.533. The SMILES string of the molecule is Nc1ccc(OCCC(=O)N2CC3CCC2C3)cc1. The van der Waals surface area contributed by atoms with Crippen LogP contribution in [-0.2, 0) is 4.79 Å². The molecule has 1 amide bonds. The van der Waals surface area contributed by atoms with Gasteiger partial charge in [-0.15, -0.1) is 0 Å². The molecule has 2 N–H and O–H groups in total. The summed E-state index contributed by atoms with van der Waals surface area (Å²) in [4.78, 5) is 14.2. The van der Waals surface area contributed by atoms with Crippen molar-refractivity contribution < 1.29 is 9.53 Å². The molecule has 1 aromatic carbocycles. The average Bonchev–Trinajstić information content (AvgIpc) is 3.03. The highest BCUT2D eigenvalue weighted by atomic mass is 16.5. The largest absolute Gasteiger partial charge is 0.493 e. The summed E-state index contributed by atoms with van der Waals surface area (Å²) in [5.41, 5.74) is 6.32. The van der Waals surface area contributed by atoms with E-state index >= 15 is 0 Å². The molecule has 2 aliphatic rings. The maximum Gasteiger partial charge on any atom is 0.226 e. The van der Waals surface area contributed by atoms with E-state index in [4.69, 9.17) is 10.5 Å². The van der Waals surface area contributed by atoms with Crippen molar-refractivity contribution in [3.05, 3.63) is 24.3 Å². The van der Waals surface area contributed by atoms with Crippen molar-refractivity contribution in [1.82, 2.24) is 4.90 Å². The summed E-state index contributed by atoms with van der Waals surface area (Å²) in [6.07, 6.45) is 4.17. The Balaban J connectivity index is 1.45. The molecule has 1 aliphatic heterocycles. The molecule has 1 aromatic rings. The lowest BCUT2D eigenvalue weighted by atomic mass is 10.1. The first-order chi connectivity index (χ1) is 9.22. The second-order valence-electron chi connectivity index (χ2n) is 5.55. The summed E-state index contributed by atoms with van der Waals surface area (Å²) in [7, 11) is 0. The second-order valence-corrected chi connectivity index (χ2v) is 5.55. The number of fused-ring (bicyclic) bond motifs is 2. The maximum atomic E-state index is 12.1. The smallest absolute Gasteiger partial charge is 0.226 e. The molecule has 4 nitrogen and oxygen atoms in total. The number of benzene rings is 1. The number of rotatable bonds is 4. The Kier molecular flexibility index (Phi) is 3.32. The zero-order chi connectivity index (χ0) is 13.2. The van der Waals surface area contributed by atoms with Crippen LogP contribution in [0.3, 0.4) is 0 Å². The van der Waals surface area contributed by atoms with Crippen LogP contribution in [-0.4, -0.2) is 30.0 Å².